The number of aromatic nitrogens is 2. The number of rotatable bonds is 3. The quantitative estimate of drug-likeness (QED) is 0.918. The van der Waals surface area contributed by atoms with Crippen molar-refractivity contribution >= 4 is 17.4 Å². The average Bonchev–Trinajstić information content (AvgIpc) is 2.88. The Bertz CT molecular complexity index is 764. The maximum Gasteiger partial charge on any atom is 0.274 e. The molecule has 0 atom stereocenters. The van der Waals surface area contributed by atoms with E-state index in [1.807, 2.05) is 45.0 Å². The van der Waals surface area contributed by atoms with Crippen molar-refractivity contribution in [1.82, 2.24) is 9.97 Å². The van der Waals surface area contributed by atoms with Crippen LogP contribution in [0.15, 0.2) is 24.3 Å². The van der Waals surface area contributed by atoms with E-state index in [1.165, 1.54) is 25.7 Å². The van der Waals surface area contributed by atoms with Crippen molar-refractivity contribution in [3.63, 3.8) is 0 Å². The number of hydrogen-bond acceptors (Lipinski definition) is 4. The molecular weight excluding hydrogens is 312 g/mol. The van der Waals surface area contributed by atoms with Crippen molar-refractivity contribution in [2.45, 2.75) is 46.5 Å². The molecule has 0 spiro atoms. The van der Waals surface area contributed by atoms with Gasteiger partial charge in [-0.1, -0.05) is 25.0 Å². The third-order valence-electron chi connectivity index (χ3n) is 4.84. The van der Waals surface area contributed by atoms with Crippen LogP contribution in [-0.2, 0) is 0 Å². The largest absolute Gasteiger partial charge is 0.356 e. The third kappa shape index (κ3) is 4.16. The first-order chi connectivity index (χ1) is 12.0. The zero-order valence-corrected chi connectivity index (χ0v) is 15.3. The van der Waals surface area contributed by atoms with E-state index in [0.717, 1.165) is 35.7 Å². The maximum atomic E-state index is 12.7. The lowest BCUT2D eigenvalue weighted by Crippen LogP contribution is -2.26. The van der Waals surface area contributed by atoms with Crippen LogP contribution in [0.3, 0.4) is 0 Å². The Morgan fingerprint density at radius 1 is 1.04 bits per heavy atom. The molecule has 1 aromatic carbocycles. The molecule has 1 amide bonds. The minimum atomic E-state index is -0.185. The van der Waals surface area contributed by atoms with Crippen molar-refractivity contribution in [2.24, 2.45) is 0 Å². The number of benzene rings is 1. The Labute approximate surface area is 149 Å². The van der Waals surface area contributed by atoms with Crippen molar-refractivity contribution < 1.29 is 4.79 Å². The van der Waals surface area contributed by atoms with Crippen LogP contribution in [0.4, 0.5) is 11.5 Å². The number of aryl methyl sites for hydroxylation is 2. The molecular formula is C20H26N4O. The maximum absolute atomic E-state index is 12.7. The SMILES string of the molecule is Cc1nc(C(=O)Nc2cccc(C)c2C)cc(N2CCCCCC2)n1. The predicted octanol–water partition coefficient (Wildman–Crippen LogP) is 4.03. The Morgan fingerprint density at radius 3 is 2.48 bits per heavy atom. The van der Waals surface area contributed by atoms with Gasteiger partial charge < -0.3 is 10.2 Å². The molecule has 25 heavy (non-hydrogen) atoms. The predicted molar refractivity (Wildman–Crippen MR) is 101 cm³/mol. The summed E-state index contributed by atoms with van der Waals surface area (Å²) in [6.07, 6.45) is 4.88. The molecule has 0 aliphatic carbocycles. The molecule has 1 aliphatic rings. The van der Waals surface area contributed by atoms with Crippen molar-refractivity contribution in [3.8, 4) is 0 Å². The van der Waals surface area contributed by atoms with E-state index < -0.39 is 0 Å². The fourth-order valence-corrected chi connectivity index (χ4v) is 3.20. The van der Waals surface area contributed by atoms with E-state index in [4.69, 9.17) is 0 Å². The third-order valence-corrected chi connectivity index (χ3v) is 4.84. The Balaban J connectivity index is 1.83. The molecule has 5 nitrogen and oxygen atoms in total. The Hall–Kier alpha value is -2.43. The van der Waals surface area contributed by atoms with E-state index in [-0.39, 0.29) is 5.91 Å². The molecule has 0 radical (unpaired) electrons. The summed E-state index contributed by atoms with van der Waals surface area (Å²) in [5.41, 5.74) is 3.49. The highest BCUT2D eigenvalue weighted by atomic mass is 16.1. The van der Waals surface area contributed by atoms with Crippen LogP contribution in [0, 0.1) is 20.8 Å². The van der Waals surface area contributed by atoms with Gasteiger partial charge in [-0.15, -0.1) is 0 Å². The smallest absolute Gasteiger partial charge is 0.274 e. The highest BCUT2D eigenvalue weighted by Gasteiger charge is 2.16. The van der Waals surface area contributed by atoms with Gasteiger partial charge in [0.05, 0.1) is 0 Å². The molecule has 1 aromatic heterocycles. The fourth-order valence-electron chi connectivity index (χ4n) is 3.20. The summed E-state index contributed by atoms with van der Waals surface area (Å²) < 4.78 is 0. The van der Waals surface area contributed by atoms with Crippen LogP contribution in [0.5, 0.6) is 0 Å². The van der Waals surface area contributed by atoms with Crippen molar-refractivity contribution in [3.05, 3.63) is 46.9 Å². The van der Waals surface area contributed by atoms with Gasteiger partial charge in [-0.2, -0.15) is 0 Å². The summed E-state index contributed by atoms with van der Waals surface area (Å²) in [4.78, 5) is 23.9. The van der Waals surface area contributed by atoms with E-state index in [9.17, 15) is 4.79 Å². The number of carbonyl (C=O) groups is 1. The normalized spacial score (nSPS) is 14.9. The molecule has 0 unspecified atom stereocenters. The standard InChI is InChI=1S/C20H26N4O/c1-14-9-8-10-17(15(14)2)23-20(25)18-13-19(22-16(3)21-18)24-11-6-4-5-7-12-24/h8-10,13H,4-7,11-12H2,1-3H3,(H,23,25). The number of nitrogens with one attached hydrogen (secondary N) is 1. The van der Waals surface area contributed by atoms with Crippen molar-refractivity contribution in [1.29, 1.82) is 0 Å². The molecule has 0 bridgehead atoms. The number of carbonyl (C=O) groups excluding carboxylic acids is 1. The molecule has 1 aliphatic heterocycles. The summed E-state index contributed by atoms with van der Waals surface area (Å²) >= 11 is 0. The summed E-state index contributed by atoms with van der Waals surface area (Å²) in [7, 11) is 0. The molecule has 0 saturated carbocycles. The lowest BCUT2D eigenvalue weighted by atomic mass is 10.1. The summed E-state index contributed by atoms with van der Waals surface area (Å²) in [6.45, 7) is 7.88. The number of anilines is 2. The summed E-state index contributed by atoms with van der Waals surface area (Å²) in [6, 6.07) is 7.73. The molecule has 132 valence electrons. The number of amides is 1. The molecule has 1 saturated heterocycles. The minimum Gasteiger partial charge on any atom is -0.356 e. The first-order valence-corrected chi connectivity index (χ1v) is 9.03. The highest BCUT2D eigenvalue weighted by Crippen LogP contribution is 2.21. The average molecular weight is 338 g/mol. The molecule has 3 rings (SSSR count). The monoisotopic (exact) mass is 338 g/mol. The van der Waals surface area contributed by atoms with Gasteiger partial charge in [0, 0.05) is 24.8 Å². The second-order valence-corrected chi connectivity index (χ2v) is 6.76. The van der Waals surface area contributed by atoms with Gasteiger partial charge >= 0.3 is 0 Å². The Morgan fingerprint density at radius 2 is 1.76 bits per heavy atom. The lowest BCUT2D eigenvalue weighted by molar-refractivity contribution is 0.102. The molecule has 5 heteroatoms. The topological polar surface area (TPSA) is 58.1 Å². The fraction of sp³-hybridized carbons (Fsp3) is 0.450. The first-order valence-electron chi connectivity index (χ1n) is 9.03. The van der Waals surface area contributed by atoms with Gasteiger partial charge in [0.25, 0.3) is 5.91 Å². The van der Waals surface area contributed by atoms with Crippen LogP contribution >= 0.6 is 0 Å². The second kappa shape index (κ2) is 7.64. The summed E-state index contributed by atoms with van der Waals surface area (Å²) in [5, 5.41) is 2.99. The lowest BCUT2D eigenvalue weighted by Gasteiger charge is -2.22. The van der Waals surface area contributed by atoms with Crippen molar-refractivity contribution in [2.75, 3.05) is 23.3 Å². The van der Waals surface area contributed by atoms with Crippen LogP contribution in [0.2, 0.25) is 0 Å². The zero-order chi connectivity index (χ0) is 17.8. The van der Waals surface area contributed by atoms with E-state index in [1.54, 1.807) is 0 Å². The number of hydrogen-bond donors (Lipinski definition) is 1. The van der Waals surface area contributed by atoms with Gasteiger partial charge in [0.15, 0.2) is 0 Å². The Kier molecular flexibility index (Phi) is 5.31. The highest BCUT2D eigenvalue weighted by molar-refractivity contribution is 6.03. The van der Waals surface area contributed by atoms with E-state index in [2.05, 4.69) is 20.2 Å². The molecule has 2 heterocycles. The van der Waals surface area contributed by atoms with E-state index >= 15 is 0 Å². The van der Waals surface area contributed by atoms with Gasteiger partial charge in [-0.05, 0) is 50.8 Å². The van der Waals surface area contributed by atoms with Gasteiger partial charge in [0.2, 0.25) is 0 Å². The zero-order valence-electron chi connectivity index (χ0n) is 15.3. The van der Waals surface area contributed by atoms with Gasteiger partial charge in [0.1, 0.15) is 17.3 Å². The second-order valence-electron chi connectivity index (χ2n) is 6.76. The van der Waals surface area contributed by atoms with Gasteiger partial charge in [-0.25, -0.2) is 9.97 Å². The molecule has 1 fully saturated rings. The van der Waals surface area contributed by atoms with Crippen LogP contribution < -0.4 is 10.2 Å². The van der Waals surface area contributed by atoms with Crippen LogP contribution in [0.25, 0.3) is 0 Å². The molecule has 1 N–H and O–H groups in total. The van der Waals surface area contributed by atoms with Gasteiger partial charge in [-0.3, -0.25) is 4.79 Å². The van der Waals surface area contributed by atoms with Crippen LogP contribution in [0.1, 0.15) is 53.1 Å². The minimum absolute atomic E-state index is 0.185. The van der Waals surface area contributed by atoms with Crippen LogP contribution in [-0.4, -0.2) is 29.0 Å². The first kappa shape index (κ1) is 17.4. The summed E-state index contributed by atoms with van der Waals surface area (Å²) in [5.74, 6) is 1.31. The number of nitrogens with zero attached hydrogens (tertiary/aromatic N) is 3. The molecule has 2 aromatic rings. The van der Waals surface area contributed by atoms with E-state index in [0.29, 0.717) is 11.5 Å².